The van der Waals surface area contributed by atoms with E-state index >= 15 is 0 Å². The largest absolute Gasteiger partial charge is 0.495 e. The normalized spacial score (nSPS) is 35.9. The zero-order chi connectivity index (χ0) is 47.9. The third-order valence-electron chi connectivity index (χ3n) is 15.4. The number of benzene rings is 1. The minimum Gasteiger partial charge on any atom is -0.495 e. The zero-order valence-electron chi connectivity index (χ0n) is 39.9. The predicted octanol–water partition coefficient (Wildman–Crippen LogP) is 7.91. The van der Waals surface area contributed by atoms with E-state index in [9.17, 15) is 29.1 Å². The molecule has 17 heteroatoms. The number of carbonyl (C=O) groups is 5. The summed E-state index contributed by atoms with van der Waals surface area (Å²) < 4.78 is 24.3. The van der Waals surface area contributed by atoms with Crippen molar-refractivity contribution in [2.45, 2.75) is 165 Å². The molecule has 3 unspecified atom stereocenters. The van der Waals surface area contributed by atoms with Gasteiger partial charge in [-0.2, -0.15) is 0 Å². The fourth-order valence-corrected chi connectivity index (χ4v) is 13.6. The quantitative estimate of drug-likeness (QED) is 0.0755. The van der Waals surface area contributed by atoms with Crippen LogP contribution in [-0.4, -0.2) is 113 Å². The second-order valence-electron chi connectivity index (χ2n) is 20.4. The van der Waals surface area contributed by atoms with E-state index in [0.717, 1.165) is 42.2 Å². The van der Waals surface area contributed by atoms with Crippen molar-refractivity contribution in [1.82, 2.24) is 15.5 Å². The number of amides is 4. The molecule has 14 nitrogen and oxygen atoms in total. The number of hydrogen-bond acceptors (Lipinski definition) is 12. The van der Waals surface area contributed by atoms with Gasteiger partial charge in [0.25, 0.3) is 0 Å². The first-order chi connectivity index (χ1) is 31.1. The van der Waals surface area contributed by atoms with Crippen molar-refractivity contribution in [2.75, 3.05) is 31.9 Å². The van der Waals surface area contributed by atoms with Crippen molar-refractivity contribution in [2.24, 2.45) is 23.2 Å². The van der Waals surface area contributed by atoms with Crippen molar-refractivity contribution >= 4 is 68.7 Å². The van der Waals surface area contributed by atoms with Crippen molar-refractivity contribution in [1.29, 1.82) is 0 Å². The maximum atomic E-state index is 14.4. The van der Waals surface area contributed by atoms with Gasteiger partial charge in [-0.25, -0.2) is 9.59 Å². The molecule has 6 aliphatic rings. The lowest BCUT2D eigenvalue weighted by Gasteiger charge is -2.42. The second kappa shape index (κ2) is 19.9. The Morgan fingerprint density at radius 3 is 2.52 bits per heavy atom. The van der Waals surface area contributed by atoms with Crippen molar-refractivity contribution < 1.29 is 48.0 Å². The van der Waals surface area contributed by atoms with Crippen LogP contribution in [-0.2, 0) is 39.8 Å². The Morgan fingerprint density at radius 1 is 1.11 bits per heavy atom. The van der Waals surface area contributed by atoms with Crippen LogP contribution in [0.25, 0.3) is 0 Å². The number of aliphatic hydroxyl groups is 1. The Morgan fingerprint density at radius 2 is 1.82 bits per heavy atom. The number of epoxide rings is 1. The van der Waals surface area contributed by atoms with Gasteiger partial charge in [-0.1, -0.05) is 90.6 Å². The summed E-state index contributed by atoms with van der Waals surface area (Å²) in [7, 11) is 7.89. The van der Waals surface area contributed by atoms with Crippen LogP contribution in [0.15, 0.2) is 35.9 Å². The van der Waals surface area contributed by atoms with Gasteiger partial charge in [-0.15, -0.1) is 0 Å². The number of methoxy groups -OCH3 is 1. The van der Waals surface area contributed by atoms with Crippen LogP contribution < -0.4 is 20.3 Å². The first-order valence-corrected chi connectivity index (χ1v) is 26.3. The lowest BCUT2D eigenvalue weighted by atomic mass is 9.82. The van der Waals surface area contributed by atoms with Gasteiger partial charge in [0, 0.05) is 61.7 Å². The van der Waals surface area contributed by atoms with E-state index in [1.165, 1.54) is 36.2 Å². The van der Waals surface area contributed by atoms with E-state index in [2.05, 4.69) is 17.6 Å². The average molecular weight is 974 g/mol. The number of alkyl carbamates (subject to hydrolysis) is 1. The molecule has 2 saturated heterocycles. The predicted molar refractivity (Wildman–Crippen MR) is 257 cm³/mol. The van der Waals surface area contributed by atoms with Gasteiger partial charge in [0.2, 0.25) is 17.7 Å². The number of allylic oxidation sites excluding steroid dienone is 3. The number of halogens is 1. The minimum absolute atomic E-state index is 0.0838. The van der Waals surface area contributed by atoms with Crippen LogP contribution in [0, 0.1) is 23.2 Å². The van der Waals surface area contributed by atoms with Gasteiger partial charge in [-0.05, 0) is 88.8 Å². The molecular weight excluding hydrogens is 904 g/mol. The van der Waals surface area contributed by atoms with Crippen LogP contribution in [0.4, 0.5) is 10.5 Å². The summed E-state index contributed by atoms with van der Waals surface area (Å²) in [5.41, 5.74) is -2.50. The highest BCUT2D eigenvalue weighted by molar-refractivity contribution is 8.76. The van der Waals surface area contributed by atoms with Gasteiger partial charge in [-0.3, -0.25) is 19.7 Å². The Hall–Kier alpha value is -3.44. The van der Waals surface area contributed by atoms with Crippen LogP contribution in [0.2, 0.25) is 5.02 Å². The molecule has 66 heavy (non-hydrogen) atoms. The van der Waals surface area contributed by atoms with Gasteiger partial charge < -0.3 is 39.2 Å². The summed E-state index contributed by atoms with van der Waals surface area (Å²) >= 11 is 6.84. The van der Waals surface area contributed by atoms with Crippen molar-refractivity contribution in [3.8, 4) is 5.75 Å². The molecule has 1 aromatic rings. The van der Waals surface area contributed by atoms with Crippen LogP contribution in [0.1, 0.15) is 118 Å². The van der Waals surface area contributed by atoms with Crippen molar-refractivity contribution in [3.05, 3.63) is 46.5 Å². The standard InChI is InChI=1S/C49H69ClN4O10S2/c1-28-11-10-12-29(2)49(60)27-48(64-45(59)52-49)26-46(48,5)44-47(6,63-44)38(25-41(57)54(8)36-23-34(19-28)24-37(61-9)42(36)50)62-43(58)31(4)53(7)40(56)17-18-65-66-30(3)13-16-39(55)51-35-21-32-14-15-33(20-32)22-35/h10-12,23-24,29-33,35,38,44,60H,13-22,25-27H2,1-9H3,(H,51,55)(H,52,59)/b12-10+,28-11+/t29-,30?,31+,32?,33?,35?,38+,44+,46-,47+,48+,49+/m1/s1. The fraction of sp³-hybridized carbons (Fsp3) is 0.694. The molecule has 3 saturated carbocycles. The van der Waals surface area contributed by atoms with E-state index in [4.69, 9.17) is 30.5 Å². The smallest absolute Gasteiger partial charge is 0.409 e. The van der Waals surface area contributed by atoms with E-state index in [-0.39, 0.29) is 41.3 Å². The number of carbonyl (C=O) groups excluding carboxylic acids is 5. The fourth-order valence-electron chi connectivity index (χ4n) is 10.9. The Kier molecular flexibility index (Phi) is 15.2. The van der Waals surface area contributed by atoms with Gasteiger partial charge in [0.05, 0.1) is 19.2 Å². The molecule has 3 heterocycles. The van der Waals surface area contributed by atoms with Gasteiger partial charge in [0.15, 0.2) is 0 Å². The van der Waals surface area contributed by atoms with Crippen LogP contribution in [0.5, 0.6) is 5.75 Å². The first-order valence-electron chi connectivity index (χ1n) is 23.5. The number of esters is 1. The lowest BCUT2D eigenvalue weighted by molar-refractivity contribution is -0.161. The monoisotopic (exact) mass is 972 g/mol. The maximum Gasteiger partial charge on any atom is 0.409 e. The summed E-state index contributed by atoms with van der Waals surface area (Å²) in [6, 6.07) is 2.96. The summed E-state index contributed by atoms with van der Waals surface area (Å²) in [4.78, 5) is 70.6. The highest BCUT2D eigenvalue weighted by Crippen LogP contribution is 2.72. The molecule has 364 valence electrons. The molecule has 7 rings (SSSR count). The zero-order valence-corrected chi connectivity index (χ0v) is 42.3. The van der Waals surface area contributed by atoms with Crippen LogP contribution in [0.3, 0.4) is 0 Å². The molecule has 6 bridgehead atoms. The molecule has 3 N–H and O–H groups in total. The third kappa shape index (κ3) is 10.7. The van der Waals surface area contributed by atoms with E-state index in [1.807, 2.05) is 51.1 Å². The number of anilines is 1. The summed E-state index contributed by atoms with van der Waals surface area (Å²) in [6.45, 7) is 11.2. The number of nitrogens with zero attached hydrogens (tertiary/aromatic N) is 2. The number of rotatable bonds is 13. The SMILES string of the molecule is COc1cc2cc(c1Cl)N(C)C(=O)C[C@H](OC(=O)[C@H](C)N(C)C(=O)CCSSC(C)CCC(=O)NC1CC3CCC(C3)C1)[C@]1(C)O[C@H]1[C@@]1(C)C[C@]13C[C@@](O)(NC(=O)O3)[C@H](C)/C=C/C=C(\C)C2. The van der Waals surface area contributed by atoms with Crippen molar-refractivity contribution in [3.63, 3.8) is 0 Å². The summed E-state index contributed by atoms with van der Waals surface area (Å²) in [5, 5.41) is 18.3. The average Bonchev–Trinajstić information content (AvgIpc) is 4.07. The molecule has 0 radical (unpaired) electrons. The number of fused-ring (bicyclic) bond motifs is 7. The molecule has 4 amide bonds. The minimum atomic E-state index is -1.63. The van der Waals surface area contributed by atoms with Crippen LogP contribution >= 0.6 is 33.2 Å². The molecule has 3 aliphatic carbocycles. The summed E-state index contributed by atoms with van der Waals surface area (Å²) in [6.07, 6.45) is 11.3. The summed E-state index contributed by atoms with van der Waals surface area (Å²) in [5.74, 6) is 0.697. The highest BCUT2D eigenvalue weighted by atomic mass is 35.5. The Balaban J connectivity index is 1.01. The van der Waals surface area contributed by atoms with E-state index in [1.54, 1.807) is 49.5 Å². The molecule has 1 aromatic carbocycles. The number of ether oxygens (including phenoxy) is 4. The highest BCUT2D eigenvalue weighted by Gasteiger charge is 2.83. The topological polar surface area (TPSA) is 176 Å². The number of likely N-dealkylation sites (N-methyl/N-ethyl adjacent to an activating group) is 1. The molecule has 0 aromatic heterocycles. The second-order valence-corrected chi connectivity index (χ2v) is 23.7. The number of nitrogens with one attached hydrogen (secondary N) is 2. The molecule has 5 fully saturated rings. The maximum absolute atomic E-state index is 14.4. The van der Waals surface area contributed by atoms with Gasteiger partial charge in [0.1, 0.15) is 45.9 Å². The molecular formula is C49H69ClN4O10S2. The Labute approximate surface area is 402 Å². The molecule has 3 aliphatic heterocycles. The molecule has 1 spiro atoms. The number of hydrogen-bond donors (Lipinski definition) is 3. The lowest BCUT2D eigenvalue weighted by Crippen LogP contribution is -2.61. The Bertz CT molecular complexity index is 2110. The van der Waals surface area contributed by atoms with E-state index < -0.39 is 64.5 Å². The third-order valence-corrected chi connectivity index (χ3v) is 18.8. The van der Waals surface area contributed by atoms with Gasteiger partial charge >= 0.3 is 12.1 Å². The van der Waals surface area contributed by atoms with E-state index in [0.29, 0.717) is 42.5 Å². The molecule has 11 atom stereocenters. The first kappa shape index (κ1) is 50.4.